The molecule has 9 heteroatoms. The predicted octanol–water partition coefficient (Wildman–Crippen LogP) is 2.27. The van der Waals surface area contributed by atoms with Gasteiger partial charge in [-0.3, -0.25) is 19.7 Å². The lowest BCUT2D eigenvalue weighted by Crippen LogP contribution is -2.44. The Hall–Kier alpha value is -3.17. The highest BCUT2D eigenvalue weighted by atomic mass is 19.1. The number of rotatable bonds is 3. The molecule has 3 fully saturated rings. The van der Waals surface area contributed by atoms with Crippen LogP contribution in [0.15, 0.2) is 48.5 Å². The van der Waals surface area contributed by atoms with Crippen molar-refractivity contribution < 1.29 is 18.9 Å². The maximum Gasteiger partial charge on any atom is 0.271 e. The van der Waals surface area contributed by atoms with Crippen LogP contribution in [0.3, 0.4) is 0 Å². The largest absolute Gasteiger partial charge is 0.274 e. The average Bonchev–Trinajstić information content (AvgIpc) is 3.35. The Kier molecular flexibility index (Phi) is 3.97. The van der Waals surface area contributed by atoms with Crippen LogP contribution in [0.4, 0.5) is 15.8 Å². The predicted molar refractivity (Wildman–Crippen MR) is 100 cm³/mol. The first-order valence-electron chi connectivity index (χ1n) is 9.38. The third-order valence-electron chi connectivity index (χ3n) is 5.92. The van der Waals surface area contributed by atoms with Gasteiger partial charge in [-0.1, -0.05) is 18.2 Å². The summed E-state index contributed by atoms with van der Waals surface area (Å²) >= 11 is 0. The molecule has 5 rings (SSSR count). The number of anilines is 1. The lowest BCUT2D eigenvalue weighted by Gasteiger charge is -2.29. The van der Waals surface area contributed by atoms with Crippen LogP contribution in [0.2, 0.25) is 0 Å². The van der Waals surface area contributed by atoms with Crippen LogP contribution in [0.25, 0.3) is 0 Å². The topological polar surface area (TPSA) is 87.0 Å². The molecular formula is C20H17FN4O4. The van der Waals surface area contributed by atoms with Crippen molar-refractivity contribution in [2.75, 3.05) is 18.0 Å². The number of halogens is 1. The first-order chi connectivity index (χ1) is 14.0. The zero-order valence-corrected chi connectivity index (χ0v) is 15.3. The molecule has 3 atom stereocenters. The SMILES string of the molecule is O=C1[C@H]2[C@@H](c3ccc(F)cc3)N3CCCN3[C@H]2C(=O)N1c1cccc([N+](=O)[O-])c1. The van der Waals surface area contributed by atoms with Crippen LogP contribution in [0.1, 0.15) is 18.0 Å². The molecule has 0 N–H and O–H groups in total. The summed E-state index contributed by atoms with van der Waals surface area (Å²) in [6, 6.07) is 10.5. The molecule has 0 bridgehead atoms. The number of amides is 2. The van der Waals surface area contributed by atoms with Crippen molar-refractivity contribution in [1.29, 1.82) is 0 Å². The summed E-state index contributed by atoms with van der Waals surface area (Å²) in [5.41, 5.74) is 0.790. The number of hydrogen-bond donors (Lipinski definition) is 0. The average molecular weight is 396 g/mol. The number of hydrazine groups is 1. The van der Waals surface area contributed by atoms with E-state index in [1.807, 2.05) is 10.0 Å². The molecule has 0 aromatic heterocycles. The Labute approximate surface area is 165 Å². The van der Waals surface area contributed by atoms with E-state index in [0.29, 0.717) is 13.1 Å². The van der Waals surface area contributed by atoms with Gasteiger partial charge in [-0.05, 0) is 30.2 Å². The second-order valence-corrected chi connectivity index (χ2v) is 7.44. The fourth-order valence-corrected chi connectivity index (χ4v) is 4.77. The van der Waals surface area contributed by atoms with Crippen molar-refractivity contribution in [1.82, 2.24) is 10.0 Å². The summed E-state index contributed by atoms with van der Waals surface area (Å²) in [5, 5.41) is 15.1. The molecule has 3 heterocycles. The Morgan fingerprint density at radius 3 is 2.34 bits per heavy atom. The number of carbonyl (C=O) groups is 2. The number of fused-ring (bicyclic) bond motifs is 3. The number of non-ortho nitro benzene ring substituents is 1. The number of hydrogen-bond acceptors (Lipinski definition) is 6. The van der Waals surface area contributed by atoms with Gasteiger partial charge in [-0.2, -0.15) is 0 Å². The van der Waals surface area contributed by atoms with Gasteiger partial charge in [0, 0.05) is 25.2 Å². The van der Waals surface area contributed by atoms with E-state index >= 15 is 0 Å². The third-order valence-corrected chi connectivity index (χ3v) is 5.92. The summed E-state index contributed by atoms with van der Waals surface area (Å²) < 4.78 is 13.4. The van der Waals surface area contributed by atoms with Crippen LogP contribution < -0.4 is 4.90 Å². The van der Waals surface area contributed by atoms with Crippen LogP contribution in [-0.4, -0.2) is 45.9 Å². The molecule has 0 aliphatic carbocycles. The molecule has 2 aromatic rings. The highest BCUT2D eigenvalue weighted by Crippen LogP contribution is 2.49. The first-order valence-corrected chi connectivity index (χ1v) is 9.38. The van der Waals surface area contributed by atoms with Crippen LogP contribution in [0.5, 0.6) is 0 Å². The van der Waals surface area contributed by atoms with Gasteiger partial charge in [-0.15, -0.1) is 0 Å². The lowest BCUT2D eigenvalue weighted by atomic mass is 9.90. The molecule has 0 radical (unpaired) electrons. The maximum absolute atomic E-state index is 13.4. The van der Waals surface area contributed by atoms with Crippen molar-refractivity contribution in [2.24, 2.45) is 5.92 Å². The van der Waals surface area contributed by atoms with Crippen LogP contribution in [0, 0.1) is 21.8 Å². The van der Waals surface area contributed by atoms with E-state index in [-0.39, 0.29) is 35.0 Å². The van der Waals surface area contributed by atoms with Gasteiger partial charge >= 0.3 is 0 Å². The smallest absolute Gasteiger partial charge is 0.271 e. The standard InChI is InChI=1S/C20H17FN4O4/c21-13-7-5-12(6-8-13)17-16-18(23-10-2-9-22(17)23)20(27)24(19(16)26)14-3-1-4-15(11-14)25(28)29/h1,3-8,11,16-18H,2,9-10H2/t16-,17+,18+/m0/s1. The van der Waals surface area contributed by atoms with Crippen molar-refractivity contribution in [3.8, 4) is 0 Å². The Morgan fingerprint density at radius 1 is 0.966 bits per heavy atom. The minimum absolute atomic E-state index is 0.182. The second-order valence-electron chi connectivity index (χ2n) is 7.44. The second kappa shape index (κ2) is 6.43. The minimum atomic E-state index is -0.653. The monoisotopic (exact) mass is 396 g/mol. The molecule has 8 nitrogen and oxygen atoms in total. The van der Waals surface area contributed by atoms with Gasteiger partial charge in [0.25, 0.3) is 11.6 Å². The van der Waals surface area contributed by atoms with E-state index in [2.05, 4.69) is 0 Å². The van der Waals surface area contributed by atoms with E-state index in [9.17, 15) is 24.1 Å². The van der Waals surface area contributed by atoms with Crippen molar-refractivity contribution in [3.63, 3.8) is 0 Å². The first kappa shape index (κ1) is 17.9. The number of nitrogens with zero attached hydrogens (tertiary/aromatic N) is 4. The highest BCUT2D eigenvalue weighted by Gasteiger charge is 2.62. The molecule has 3 saturated heterocycles. The Balaban J connectivity index is 1.57. The van der Waals surface area contributed by atoms with Gasteiger partial charge in [-0.25, -0.2) is 19.3 Å². The fourth-order valence-electron chi connectivity index (χ4n) is 4.77. The van der Waals surface area contributed by atoms with E-state index in [4.69, 9.17) is 0 Å². The quantitative estimate of drug-likeness (QED) is 0.449. The number of benzene rings is 2. The lowest BCUT2D eigenvalue weighted by molar-refractivity contribution is -0.384. The van der Waals surface area contributed by atoms with Gasteiger partial charge < -0.3 is 0 Å². The molecule has 29 heavy (non-hydrogen) atoms. The molecular weight excluding hydrogens is 379 g/mol. The van der Waals surface area contributed by atoms with Crippen molar-refractivity contribution in [2.45, 2.75) is 18.5 Å². The summed E-state index contributed by atoms with van der Waals surface area (Å²) in [6.07, 6.45) is 0.860. The summed E-state index contributed by atoms with van der Waals surface area (Å²) in [6.45, 7) is 1.37. The van der Waals surface area contributed by atoms with Gasteiger partial charge in [0.2, 0.25) is 5.91 Å². The number of carbonyl (C=O) groups excluding carboxylic acids is 2. The van der Waals surface area contributed by atoms with E-state index < -0.39 is 16.9 Å². The normalized spacial score (nSPS) is 26.8. The van der Waals surface area contributed by atoms with E-state index in [1.165, 1.54) is 36.4 Å². The van der Waals surface area contributed by atoms with Crippen LogP contribution >= 0.6 is 0 Å². The van der Waals surface area contributed by atoms with Gasteiger partial charge in [0.1, 0.15) is 11.9 Å². The fraction of sp³-hybridized carbons (Fsp3) is 0.300. The van der Waals surface area contributed by atoms with E-state index in [0.717, 1.165) is 16.9 Å². The number of nitro groups is 1. The number of nitro benzene ring substituents is 1. The summed E-state index contributed by atoms with van der Waals surface area (Å²) in [5.74, 6) is -1.78. The Morgan fingerprint density at radius 2 is 1.66 bits per heavy atom. The zero-order chi connectivity index (χ0) is 20.3. The molecule has 0 spiro atoms. The van der Waals surface area contributed by atoms with Gasteiger partial charge in [0.15, 0.2) is 0 Å². The Bertz CT molecular complexity index is 1030. The van der Waals surface area contributed by atoms with E-state index in [1.54, 1.807) is 12.1 Å². The molecule has 2 amide bonds. The highest BCUT2D eigenvalue weighted by molar-refractivity contribution is 6.24. The zero-order valence-electron chi connectivity index (χ0n) is 15.3. The summed E-state index contributed by atoms with van der Waals surface area (Å²) in [4.78, 5) is 38.2. The summed E-state index contributed by atoms with van der Waals surface area (Å²) in [7, 11) is 0. The van der Waals surface area contributed by atoms with Crippen molar-refractivity contribution >= 4 is 23.2 Å². The molecule has 3 aliphatic rings. The molecule has 148 valence electrons. The molecule has 0 saturated carbocycles. The van der Waals surface area contributed by atoms with Gasteiger partial charge in [0.05, 0.1) is 22.6 Å². The van der Waals surface area contributed by atoms with Crippen molar-refractivity contribution in [3.05, 3.63) is 70.0 Å². The molecule has 2 aromatic carbocycles. The maximum atomic E-state index is 13.4. The molecule has 3 aliphatic heterocycles. The van der Waals surface area contributed by atoms with Crippen LogP contribution in [-0.2, 0) is 9.59 Å². The molecule has 0 unspecified atom stereocenters. The number of imide groups is 1. The minimum Gasteiger partial charge on any atom is -0.274 e. The third kappa shape index (κ3) is 2.58.